The van der Waals surface area contributed by atoms with Crippen LogP contribution in [0.2, 0.25) is 0 Å². The van der Waals surface area contributed by atoms with Crippen LogP contribution in [0.15, 0.2) is 48.5 Å². The molecular weight excluding hydrogens is 394 g/mol. The first-order chi connectivity index (χ1) is 14.4. The molecule has 3 amide bonds. The van der Waals surface area contributed by atoms with Gasteiger partial charge in [0.1, 0.15) is 0 Å². The lowest BCUT2D eigenvalue weighted by Crippen LogP contribution is -2.53. The Labute approximate surface area is 182 Å². The van der Waals surface area contributed by atoms with Crippen LogP contribution in [0.4, 0.5) is 16.2 Å². The number of thioether (sulfide) groups is 1. The Bertz CT molecular complexity index is 916. The number of amides is 3. The summed E-state index contributed by atoms with van der Waals surface area (Å²) in [7, 11) is 0. The van der Waals surface area contributed by atoms with E-state index in [-0.39, 0.29) is 16.8 Å². The molecule has 0 saturated carbocycles. The number of rotatable bonds is 3. The van der Waals surface area contributed by atoms with Gasteiger partial charge in [-0.1, -0.05) is 43.7 Å². The molecule has 4 rings (SSSR count). The third kappa shape index (κ3) is 4.06. The molecule has 0 radical (unpaired) electrons. The highest BCUT2D eigenvalue weighted by Crippen LogP contribution is 2.46. The SMILES string of the molecule is Cc1ccc(N2C(=O)CSC23CCN(C(=O)Nc2ccc(C(C)C)cc2)CC3)cc1. The molecule has 2 aliphatic heterocycles. The van der Waals surface area contributed by atoms with Gasteiger partial charge in [-0.05, 0) is 55.5 Å². The maximum Gasteiger partial charge on any atom is 0.321 e. The Morgan fingerprint density at radius 1 is 1.03 bits per heavy atom. The van der Waals surface area contributed by atoms with Crippen molar-refractivity contribution in [2.24, 2.45) is 0 Å². The van der Waals surface area contributed by atoms with Crippen molar-refractivity contribution in [2.75, 3.05) is 29.1 Å². The van der Waals surface area contributed by atoms with Gasteiger partial charge in [0, 0.05) is 24.5 Å². The Kier molecular flexibility index (Phi) is 5.78. The van der Waals surface area contributed by atoms with Crippen LogP contribution in [0.1, 0.15) is 43.7 Å². The van der Waals surface area contributed by atoms with Crippen LogP contribution in [0.25, 0.3) is 0 Å². The summed E-state index contributed by atoms with van der Waals surface area (Å²) in [5, 5.41) is 3.01. The normalized spacial score (nSPS) is 18.3. The molecule has 2 heterocycles. The number of carbonyl (C=O) groups excluding carboxylic acids is 2. The fourth-order valence-electron chi connectivity index (χ4n) is 4.21. The van der Waals surface area contributed by atoms with Gasteiger partial charge in [0.05, 0.1) is 10.6 Å². The quantitative estimate of drug-likeness (QED) is 0.736. The first kappa shape index (κ1) is 20.8. The molecule has 0 atom stereocenters. The summed E-state index contributed by atoms with van der Waals surface area (Å²) < 4.78 is 0. The summed E-state index contributed by atoms with van der Waals surface area (Å²) in [6.07, 6.45) is 1.55. The third-order valence-corrected chi connectivity index (χ3v) is 7.59. The van der Waals surface area contributed by atoms with E-state index >= 15 is 0 Å². The second kappa shape index (κ2) is 8.34. The predicted octanol–water partition coefficient (Wildman–Crippen LogP) is 5.22. The number of nitrogens with one attached hydrogen (secondary N) is 1. The molecule has 0 unspecified atom stereocenters. The van der Waals surface area contributed by atoms with E-state index in [1.165, 1.54) is 11.1 Å². The first-order valence-electron chi connectivity index (χ1n) is 10.6. The number of benzene rings is 2. The molecule has 30 heavy (non-hydrogen) atoms. The fourth-order valence-corrected chi connectivity index (χ4v) is 5.54. The number of anilines is 2. The minimum absolute atomic E-state index is 0.0710. The highest BCUT2D eigenvalue weighted by Gasteiger charge is 2.49. The van der Waals surface area contributed by atoms with E-state index in [4.69, 9.17) is 0 Å². The average molecular weight is 424 g/mol. The fraction of sp³-hybridized carbons (Fsp3) is 0.417. The van der Waals surface area contributed by atoms with E-state index < -0.39 is 0 Å². The molecule has 1 N–H and O–H groups in total. The molecule has 0 bridgehead atoms. The van der Waals surface area contributed by atoms with Crippen molar-refractivity contribution < 1.29 is 9.59 Å². The Balaban J connectivity index is 1.41. The molecule has 5 nitrogen and oxygen atoms in total. The largest absolute Gasteiger partial charge is 0.324 e. The van der Waals surface area contributed by atoms with Gasteiger partial charge >= 0.3 is 6.03 Å². The van der Waals surface area contributed by atoms with Gasteiger partial charge < -0.3 is 10.2 Å². The van der Waals surface area contributed by atoms with Crippen molar-refractivity contribution in [1.29, 1.82) is 0 Å². The van der Waals surface area contributed by atoms with Gasteiger partial charge in [0.15, 0.2) is 0 Å². The van der Waals surface area contributed by atoms with Crippen LogP contribution in [0.3, 0.4) is 0 Å². The number of carbonyl (C=O) groups is 2. The number of piperidine rings is 1. The van der Waals surface area contributed by atoms with Crippen molar-refractivity contribution in [3.05, 3.63) is 59.7 Å². The third-order valence-electron chi connectivity index (χ3n) is 6.07. The van der Waals surface area contributed by atoms with Crippen molar-refractivity contribution in [1.82, 2.24) is 4.90 Å². The summed E-state index contributed by atoms with van der Waals surface area (Å²) in [5.74, 6) is 1.13. The van der Waals surface area contributed by atoms with Crippen molar-refractivity contribution in [2.45, 2.75) is 44.4 Å². The molecule has 2 aliphatic rings. The molecule has 158 valence electrons. The zero-order valence-electron chi connectivity index (χ0n) is 17.9. The van der Waals surface area contributed by atoms with E-state index in [0.29, 0.717) is 24.8 Å². The number of hydrogen-bond donors (Lipinski definition) is 1. The minimum Gasteiger partial charge on any atom is -0.324 e. The Hall–Kier alpha value is -2.47. The second-order valence-electron chi connectivity index (χ2n) is 8.49. The van der Waals surface area contributed by atoms with Gasteiger partial charge in [-0.2, -0.15) is 0 Å². The topological polar surface area (TPSA) is 52.7 Å². The number of likely N-dealkylation sites (tertiary alicyclic amines) is 1. The van der Waals surface area contributed by atoms with E-state index in [2.05, 4.69) is 31.3 Å². The predicted molar refractivity (Wildman–Crippen MR) is 124 cm³/mol. The van der Waals surface area contributed by atoms with Crippen LogP contribution >= 0.6 is 11.8 Å². The second-order valence-corrected chi connectivity index (χ2v) is 9.83. The van der Waals surface area contributed by atoms with Gasteiger partial charge in [-0.3, -0.25) is 9.69 Å². The monoisotopic (exact) mass is 423 g/mol. The van der Waals surface area contributed by atoms with Crippen molar-refractivity contribution in [3.63, 3.8) is 0 Å². The average Bonchev–Trinajstić information content (AvgIpc) is 3.05. The Morgan fingerprint density at radius 3 is 2.27 bits per heavy atom. The van der Waals surface area contributed by atoms with Crippen LogP contribution < -0.4 is 10.2 Å². The van der Waals surface area contributed by atoms with Gasteiger partial charge in [0.2, 0.25) is 5.91 Å². The van der Waals surface area contributed by atoms with Crippen LogP contribution in [-0.2, 0) is 4.79 Å². The lowest BCUT2D eigenvalue weighted by molar-refractivity contribution is -0.116. The lowest BCUT2D eigenvalue weighted by Gasteiger charge is -2.43. The van der Waals surface area contributed by atoms with Crippen LogP contribution in [0.5, 0.6) is 0 Å². The summed E-state index contributed by atoms with van der Waals surface area (Å²) in [4.78, 5) is 29.0. The number of aryl methyl sites for hydroxylation is 1. The first-order valence-corrected chi connectivity index (χ1v) is 11.6. The number of hydrogen-bond acceptors (Lipinski definition) is 3. The zero-order chi connectivity index (χ0) is 21.3. The maximum atomic E-state index is 12.8. The summed E-state index contributed by atoms with van der Waals surface area (Å²) in [5.41, 5.74) is 4.21. The Morgan fingerprint density at radius 2 is 1.67 bits per heavy atom. The molecule has 2 aromatic rings. The minimum atomic E-state index is -0.248. The lowest BCUT2D eigenvalue weighted by atomic mass is 10.0. The van der Waals surface area contributed by atoms with Crippen LogP contribution in [-0.4, -0.2) is 40.6 Å². The van der Waals surface area contributed by atoms with E-state index in [1.807, 2.05) is 53.1 Å². The highest BCUT2D eigenvalue weighted by molar-refractivity contribution is 8.02. The van der Waals surface area contributed by atoms with Crippen molar-refractivity contribution in [3.8, 4) is 0 Å². The molecule has 2 fully saturated rings. The highest BCUT2D eigenvalue weighted by atomic mass is 32.2. The van der Waals surface area contributed by atoms with Gasteiger partial charge in [-0.25, -0.2) is 4.79 Å². The van der Waals surface area contributed by atoms with Crippen LogP contribution in [0, 0.1) is 6.92 Å². The smallest absolute Gasteiger partial charge is 0.321 e. The standard InChI is InChI=1S/C24H29N3O2S/c1-17(2)19-6-8-20(9-7-19)25-23(29)26-14-12-24(13-15-26)27(22(28)16-30-24)21-10-4-18(3)5-11-21/h4-11,17H,12-16H2,1-3H3,(H,25,29). The molecule has 2 saturated heterocycles. The van der Waals surface area contributed by atoms with Gasteiger partial charge in [0.25, 0.3) is 0 Å². The number of urea groups is 1. The molecule has 1 spiro atoms. The molecule has 0 aliphatic carbocycles. The van der Waals surface area contributed by atoms with Crippen molar-refractivity contribution >= 4 is 35.1 Å². The summed E-state index contributed by atoms with van der Waals surface area (Å²) >= 11 is 1.72. The molecule has 0 aromatic heterocycles. The zero-order valence-corrected chi connectivity index (χ0v) is 18.7. The summed E-state index contributed by atoms with van der Waals surface area (Å²) in [6.45, 7) is 7.64. The summed E-state index contributed by atoms with van der Waals surface area (Å²) in [6, 6.07) is 16.1. The molecule has 6 heteroatoms. The van der Waals surface area contributed by atoms with E-state index in [1.54, 1.807) is 11.8 Å². The number of nitrogens with zero attached hydrogens (tertiary/aromatic N) is 2. The van der Waals surface area contributed by atoms with E-state index in [0.717, 1.165) is 24.2 Å². The maximum absolute atomic E-state index is 12.8. The van der Waals surface area contributed by atoms with Gasteiger partial charge in [-0.15, -0.1) is 11.8 Å². The molecule has 2 aromatic carbocycles. The molecular formula is C24H29N3O2S. The van der Waals surface area contributed by atoms with E-state index in [9.17, 15) is 9.59 Å².